The number of hydrogen-bond acceptors (Lipinski definition) is 1. The van der Waals surface area contributed by atoms with Gasteiger partial charge < -0.3 is 5.32 Å². The second-order valence-electron chi connectivity index (χ2n) is 4.14. The molecule has 1 nitrogen and oxygen atoms in total. The van der Waals surface area contributed by atoms with Crippen molar-refractivity contribution in [2.75, 3.05) is 6.54 Å². The summed E-state index contributed by atoms with van der Waals surface area (Å²) in [6.07, 6.45) is 2.65. The van der Waals surface area contributed by atoms with Crippen LogP contribution in [0.2, 0.25) is 0 Å². The quantitative estimate of drug-likeness (QED) is 0.647. The molecule has 1 N–H and O–H groups in total. The highest BCUT2D eigenvalue weighted by atomic mass is 14.9. The van der Waals surface area contributed by atoms with Gasteiger partial charge in [-0.05, 0) is 31.7 Å². The van der Waals surface area contributed by atoms with Crippen LogP contribution in [0.4, 0.5) is 0 Å². The Balaban J connectivity index is 3.78. The Kier molecular flexibility index (Phi) is 6.45. The molecule has 0 aromatic rings. The van der Waals surface area contributed by atoms with Crippen molar-refractivity contribution in [2.24, 2.45) is 11.8 Å². The van der Waals surface area contributed by atoms with E-state index in [1.165, 1.54) is 12.8 Å². The molecule has 0 amide bonds. The van der Waals surface area contributed by atoms with Crippen molar-refractivity contribution >= 4 is 0 Å². The summed E-state index contributed by atoms with van der Waals surface area (Å²) in [5.41, 5.74) is 0. The van der Waals surface area contributed by atoms with Gasteiger partial charge in [-0.25, -0.2) is 0 Å². The predicted octanol–water partition coefficient (Wildman–Crippen LogP) is 3.06. The van der Waals surface area contributed by atoms with Crippen molar-refractivity contribution in [1.82, 2.24) is 5.32 Å². The Morgan fingerprint density at radius 1 is 1.08 bits per heavy atom. The smallest absolute Gasteiger partial charge is 0.00668 e. The fourth-order valence-electron chi connectivity index (χ4n) is 1.82. The van der Waals surface area contributed by atoms with Crippen LogP contribution in [0, 0.1) is 11.8 Å². The minimum Gasteiger partial charge on any atom is -0.314 e. The van der Waals surface area contributed by atoms with Crippen molar-refractivity contribution in [3.63, 3.8) is 0 Å². The molecule has 0 aliphatic heterocycles. The molecule has 2 unspecified atom stereocenters. The highest BCUT2D eigenvalue weighted by molar-refractivity contribution is 4.71. The maximum Gasteiger partial charge on any atom is 0.00668 e. The fraction of sp³-hybridized carbons (Fsp3) is 1.00. The average molecular weight is 171 g/mol. The molecule has 0 fully saturated rings. The summed E-state index contributed by atoms with van der Waals surface area (Å²) in [6, 6.07) is 0.683. The Morgan fingerprint density at radius 2 is 1.67 bits per heavy atom. The van der Waals surface area contributed by atoms with Gasteiger partial charge in [0.05, 0.1) is 0 Å². The lowest BCUT2D eigenvalue weighted by atomic mass is 9.89. The number of rotatable bonds is 6. The first kappa shape index (κ1) is 12.0. The molecular formula is C11H25N. The number of hydrogen-bond donors (Lipinski definition) is 1. The van der Waals surface area contributed by atoms with E-state index in [1.54, 1.807) is 0 Å². The van der Waals surface area contributed by atoms with Gasteiger partial charge in [-0.3, -0.25) is 0 Å². The lowest BCUT2D eigenvalue weighted by molar-refractivity contribution is 0.312. The fourth-order valence-corrected chi connectivity index (χ4v) is 1.82. The lowest BCUT2D eigenvalue weighted by Crippen LogP contribution is -2.33. The summed E-state index contributed by atoms with van der Waals surface area (Å²) < 4.78 is 0. The first-order valence-corrected chi connectivity index (χ1v) is 5.35. The summed E-state index contributed by atoms with van der Waals surface area (Å²) in [5, 5.41) is 3.50. The molecule has 0 aliphatic carbocycles. The van der Waals surface area contributed by atoms with Crippen LogP contribution < -0.4 is 5.32 Å². The van der Waals surface area contributed by atoms with Crippen LogP contribution in [0.15, 0.2) is 0 Å². The highest BCUT2D eigenvalue weighted by Crippen LogP contribution is 2.18. The minimum atomic E-state index is 0.683. The second kappa shape index (κ2) is 6.47. The van der Waals surface area contributed by atoms with E-state index in [-0.39, 0.29) is 0 Å². The largest absolute Gasteiger partial charge is 0.314 e. The normalized spacial score (nSPS) is 16.5. The summed E-state index contributed by atoms with van der Waals surface area (Å²) in [7, 11) is 0. The molecule has 12 heavy (non-hydrogen) atoms. The predicted molar refractivity (Wildman–Crippen MR) is 56.4 cm³/mol. The molecule has 0 radical (unpaired) electrons. The molecule has 0 spiro atoms. The summed E-state index contributed by atoms with van der Waals surface area (Å²) >= 11 is 0. The van der Waals surface area contributed by atoms with Crippen molar-refractivity contribution < 1.29 is 0 Å². The summed E-state index contributed by atoms with van der Waals surface area (Å²) in [4.78, 5) is 0. The van der Waals surface area contributed by atoms with Crippen LogP contribution >= 0.6 is 0 Å². The zero-order chi connectivity index (χ0) is 9.56. The van der Waals surface area contributed by atoms with Gasteiger partial charge in [-0.15, -0.1) is 0 Å². The molecule has 74 valence electrons. The van der Waals surface area contributed by atoms with E-state index >= 15 is 0 Å². The third kappa shape index (κ3) is 4.76. The van der Waals surface area contributed by atoms with Gasteiger partial charge in [-0.2, -0.15) is 0 Å². The van der Waals surface area contributed by atoms with Crippen LogP contribution in [-0.2, 0) is 0 Å². The highest BCUT2D eigenvalue weighted by Gasteiger charge is 2.15. The topological polar surface area (TPSA) is 12.0 Å². The van der Waals surface area contributed by atoms with E-state index < -0.39 is 0 Å². The molecule has 0 rings (SSSR count). The number of nitrogens with one attached hydrogen (secondary N) is 1. The standard InChI is InChI=1S/C11H25N/c1-6-11(8-9(3)4)10(5)12-7-2/h9-12H,6-8H2,1-5H3. The van der Waals surface area contributed by atoms with Crippen LogP contribution in [0.25, 0.3) is 0 Å². The van der Waals surface area contributed by atoms with E-state index in [1.807, 2.05) is 0 Å². The van der Waals surface area contributed by atoms with Crippen LogP contribution in [0.1, 0.15) is 47.5 Å². The van der Waals surface area contributed by atoms with E-state index in [2.05, 4.69) is 39.9 Å². The van der Waals surface area contributed by atoms with Gasteiger partial charge in [-0.1, -0.05) is 34.1 Å². The minimum absolute atomic E-state index is 0.683. The first-order chi connectivity index (χ1) is 5.61. The van der Waals surface area contributed by atoms with Gasteiger partial charge >= 0.3 is 0 Å². The third-order valence-electron chi connectivity index (χ3n) is 2.53. The van der Waals surface area contributed by atoms with Crippen molar-refractivity contribution in [3.8, 4) is 0 Å². The molecule has 2 atom stereocenters. The Morgan fingerprint density at radius 3 is 2.00 bits per heavy atom. The first-order valence-electron chi connectivity index (χ1n) is 5.35. The van der Waals surface area contributed by atoms with Crippen LogP contribution in [0.3, 0.4) is 0 Å². The second-order valence-corrected chi connectivity index (χ2v) is 4.14. The van der Waals surface area contributed by atoms with Gasteiger partial charge in [0.1, 0.15) is 0 Å². The maximum absolute atomic E-state index is 3.50. The molecule has 0 aromatic heterocycles. The lowest BCUT2D eigenvalue weighted by Gasteiger charge is -2.24. The van der Waals surface area contributed by atoms with Gasteiger partial charge in [0, 0.05) is 6.04 Å². The monoisotopic (exact) mass is 171 g/mol. The van der Waals surface area contributed by atoms with E-state index in [4.69, 9.17) is 0 Å². The van der Waals surface area contributed by atoms with Crippen molar-refractivity contribution in [2.45, 2.75) is 53.5 Å². The summed E-state index contributed by atoms with van der Waals surface area (Å²) in [6.45, 7) is 12.5. The van der Waals surface area contributed by atoms with Crippen LogP contribution in [0.5, 0.6) is 0 Å². The third-order valence-corrected chi connectivity index (χ3v) is 2.53. The molecule has 0 aliphatic rings. The Bertz CT molecular complexity index is 99.2. The van der Waals surface area contributed by atoms with Crippen molar-refractivity contribution in [1.29, 1.82) is 0 Å². The van der Waals surface area contributed by atoms with Gasteiger partial charge in [0.25, 0.3) is 0 Å². The van der Waals surface area contributed by atoms with Gasteiger partial charge in [0.15, 0.2) is 0 Å². The summed E-state index contributed by atoms with van der Waals surface area (Å²) in [5.74, 6) is 1.68. The zero-order valence-electron chi connectivity index (χ0n) is 9.35. The molecule has 1 heteroatoms. The molecule has 0 aromatic carbocycles. The van der Waals surface area contributed by atoms with E-state index in [9.17, 15) is 0 Å². The van der Waals surface area contributed by atoms with E-state index in [0.717, 1.165) is 18.4 Å². The van der Waals surface area contributed by atoms with Crippen LogP contribution in [-0.4, -0.2) is 12.6 Å². The SMILES string of the molecule is CCNC(C)C(CC)CC(C)C. The maximum atomic E-state index is 3.50. The Hall–Kier alpha value is -0.0400. The molecule has 0 saturated heterocycles. The zero-order valence-corrected chi connectivity index (χ0v) is 9.35. The van der Waals surface area contributed by atoms with Crippen molar-refractivity contribution in [3.05, 3.63) is 0 Å². The van der Waals surface area contributed by atoms with E-state index in [0.29, 0.717) is 6.04 Å². The molecule has 0 saturated carbocycles. The molecule has 0 heterocycles. The Labute approximate surface area is 77.9 Å². The average Bonchev–Trinajstić information content (AvgIpc) is 2.00. The van der Waals surface area contributed by atoms with Gasteiger partial charge in [0.2, 0.25) is 0 Å². The molecule has 0 bridgehead atoms. The molecular weight excluding hydrogens is 146 g/mol.